The predicted octanol–water partition coefficient (Wildman–Crippen LogP) is 7.75. The molecular weight excluding hydrogens is 622 g/mol. The summed E-state index contributed by atoms with van der Waals surface area (Å²) in [6, 6.07) is 30.1. The number of hydrazone groups is 1. The number of amides is 1. The van der Waals surface area contributed by atoms with Gasteiger partial charge in [0.25, 0.3) is 11.6 Å². The molecule has 0 bridgehead atoms. The van der Waals surface area contributed by atoms with Gasteiger partial charge in [-0.25, -0.2) is 9.80 Å². The zero-order chi connectivity index (χ0) is 32.7. The first-order valence-corrected chi connectivity index (χ1v) is 15.0. The summed E-state index contributed by atoms with van der Waals surface area (Å²) in [5, 5.41) is 18.0. The number of hydrogen-bond acceptors (Lipinski definition) is 8. The quantitative estimate of drug-likeness (QED) is 0.0583. The van der Waals surface area contributed by atoms with E-state index >= 15 is 0 Å². The maximum atomic E-state index is 14.2. The van der Waals surface area contributed by atoms with Crippen molar-refractivity contribution in [1.82, 2.24) is 5.01 Å². The number of para-hydroxylation sites is 1. The molecule has 47 heavy (non-hydrogen) atoms. The van der Waals surface area contributed by atoms with Crippen LogP contribution in [0.3, 0.4) is 0 Å². The Balaban J connectivity index is 1.43. The van der Waals surface area contributed by atoms with Crippen LogP contribution < -0.4 is 14.2 Å². The van der Waals surface area contributed by atoms with E-state index in [1.807, 2.05) is 25.1 Å². The lowest BCUT2D eigenvalue weighted by Gasteiger charge is -2.41. The SMILES string of the molecule is CCOc1ccc2c(c1)Oc1cc(OC(=O)c3ccccc3Cl)ccc1C21c2ccccc2C(=O)N1/N=C/c1ccccc1[N+](=O)[O-]. The van der Waals surface area contributed by atoms with E-state index in [0.717, 1.165) is 0 Å². The summed E-state index contributed by atoms with van der Waals surface area (Å²) in [4.78, 5) is 38.5. The average molecular weight is 646 g/mol. The van der Waals surface area contributed by atoms with Gasteiger partial charge in [-0.2, -0.15) is 5.10 Å². The first-order chi connectivity index (χ1) is 22.8. The molecule has 0 fully saturated rings. The van der Waals surface area contributed by atoms with Gasteiger partial charge in [-0.3, -0.25) is 14.9 Å². The second kappa shape index (κ2) is 11.7. The number of fused-ring (bicyclic) bond motifs is 6. The molecule has 1 unspecified atom stereocenters. The summed E-state index contributed by atoms with van der Waals surface area (Å²) in [5.74, 6) is 0.327. The van der Waals surface area contributed by atoms with E-state index in [2.05, 4.69) is 5.10 Å². The van der Waals surface area contributed by atoms with Crippen LogP contribution in [0.5, 0.6) is 23.0 Å². The Kier molecular flexibility index (Phi) is 7.42. The van der Waals surface area contributed by atoms with Crippen molar-refractivity contribution in [2.75, 3.05) is 6.61 Å². The molecule has 1 spiro atoms. The molecule has 2 aliphatic rings. The third kappa shape index (κ3) is 4.86. The van der Waals surface area contributed by atoms with E-state index < -0.39 is 22.3 Å². The van der Waals surface area contributed by atoms with E-state index in [9.17, 15) is 19.7 Å². The van der Waals surface area contributed by atoms with Crippen LogP contribution in [-0.4, -0.2) is 34.6 Å². The van der Waals surface area contributed by atoms with Gasteiger partial charge in [-0.1, -0.05) is 54.1 Å². The molecule has 0 saturated carbocycles. The van der Waals surface area contributed by atoms with E-state index in [-0.39, 0.29) is 27.6 Å². The molecule has 7 rings (SSSR count). The van der Waals surface area contributed by atoms with Crippen molar-refractivity contribution in [2.45, 2.75) is 12.5 Å². The van der Waals surface area contributed by atoms with E-state index in [0.29, 0.717) is 46.1 Å². The number of carbonyl (C=O) groups excluding carboxylic acids is 2. The molecule has 11 heteroatoms. The monoisotopic (exact) mass is 645 g/mol. The Hall–Kier alpha value is -6.00. The van der Waals surface area contributed by atoms with Crippen molar-refractivity contribution in [2.24, 2.45) is 5.10 Å². The molecular formula is C36H24ClN3O7. The van der Waals surface area contributed by atoms with E-state index in [4.69, 9.17) is 25.8 Å². The van der Waals surface area contributed by atoms with Crippen LogP contribution in [0.25, 0.3) is 0 Å². The fraction of sp³-hybridized carbons (Fsp3) is 0.0833. The van der Waals surface area contributed by atoms with Crippen molar-refractivity contribution < 1.29 is 28.7 Å². The fourth-order valence-electron chi connectivity index (χ4n) is 6.05. The van der Waals surface area contributed by atoms with Crippen molar-refractivity contribution in [3.8, 4) is 23.0 Å². The summed E-state index contributed by atoms with van der Waals surface area (Å²) < 4.78 is 17.9. The highest BCUT2D eigenvalue weighted by molar-refractivity contribution is 6.33. The minimum absolute atomic E-state index is 0.159. The third-order valence-corrected chi connectivity index (χ3v) is 8.35. The highest BCUT2D eigenvalue weighted by atomic mass is 35.5. The average Bonchev–Trinajstić information content (AvgIpc) is 3.31. The number of hydrogen-bond donors (Lipinski definition) is 0. The zero-order valence-electron chi connectivity index (χ0n) is 24.8. The number of nitrogens with zero attached hydrogens (tertiary/aromatic N) is 3. The lowest BCUT2D eigenvalue weighted by atomic mass is 9.75. The highest BCUT2D eigenvalue weighted by Gasteiger charge is 2.57. The molecule has 1 atom stereocenters. The van der Waals surface area contributed by atoms with Crippen molar-refractivity contribution in [3.05, 3.63) is 158 Å². The molecule has 10 nitrogen and oxygen atoms in total. The van der Waals surface area contributed by atoms with E-state index in [1.165, 1.54) is 17.3 Å². The molecule has 0 aliphatic carbocycles. The summed E-state index contributed by atoms with van der Waals surface area (Å²) >= 11 is 6.23. The maximum Gasteiger partial charge on any atom is 0.345 e. The fourth-order valence-corrected chi connectivity index (χ4v) is 6.26. The summed E-state index contributed by atoms with van der Waals surface area (Å²) in [7, 11) is 0. The van der Waals surface area contributed by atoms with Crippen LogP contribution in [0.15, 0.2) is 114 Å². The molecule has 5 aromatic rings. The van der Waals surface area contributed by atoms with Gasteiger partial charge in [-0.05, 0) is 55.5 Å². The van der Waals surface area contributed by atoms with Crippen LogP contribution in [-0.2, 0) is 5.54 Å². The predicted molar refractivity (Wildman–Crippen MR) is 174 cm³/mol. The van der Waals surface area contributed by atoms with Gasteiger partial charge < -0.3 is 14.2 Å². The number of nitro groups is 1. The summed E-state index contributed by atoms with van der Waals surface area (Å²) in [6.07, 6.45) is 1.31. The van der Waals surface area contributed by atoms with Crippen LogP contribution in [0.1, 0.15) is 49.9 Å². The van der Waals surface area contributed by atoms with Crippen molar-refractivity contribution >= 4 is 35.4 Å². The second-order valence-corrected chi connectivity index (χ2v) is 11.1. The minimum Gasteiger partial charge on any atom is -0.494 e. The Morgan fingerprint density at radius 1 is 0.915 bits per heavy atom. The zero-order valence-corrected chi connectivity index (χ0v) is 25.5. The Morgan fingerprint density at radius 2 is 1.57 bits per heavy atom. The summed E-state index contributed by atoms with van der Waals surface area (Å²) in [5.41, 5.74) is 1.03. The van der Waals surface area contributed by atoms with Crippen LogP contribution >= 0.6 is 11.6 Å². The van der Waals surface area contributed by atoms with Gasteiger partial charge in [0.1, 0.15) is 28.5 Å². The Labute approximate surface area is 273 Å². The first-order valence-electron chi connectivity index (χ1n) is 14.6. The Bertz CT molecular complexity index is 2130. The van der Waals surface area contributed by atoms with Gasteiger partial charge in [0.2, 0.25) is 0 Å². The molecule has 0 saturated heterocycles. The molecule has 2 aliphatic heterocycles. The second-order valence-electron chi connectivity index (χ2n) is 10.7. The molecule has 0 radical (unpaired) electrons. The number of carbonyl (C=O) groups is 2. The van der Waals surface area contributed by atoms with Crippen LogP contribution in [0.2, 0.25) is 5.02 Å². The lowest BCUT2D eigenvalue weighted by Crippen LogP contribution is -2.44. The van der Waals surface area contributed by atoms with Gasteiger partial charge in [-0.15, -0.1) is 0 Å². The topological polar surface area (TPSA) is 121 Å². The molecule has 1 amide bonds. The molecule has 2 heterocycles. The van der Waals surface area contributed by atoms with Gasteiger partial charge in [0.15, 0.2) is 0 Å². The number of nitro benzene ring substituents is 1. The normalized spacial score (nSPS) is 16.0. The van der Waals surface area contributed by atoms with Gasteiger partial charge >= 0.3 is 5.97 Å². The van der Waals surface area contributed by atoms with Gasteiger partial charge in [0, 0.05) is 40.5 Å². The lowest BCUT2D eigenvalue weighted by molar-refractivity contribution is -0.385. The first kappa shape index (κ1) is 29.7. The molecule has 0 aromatic heterocycles. The standard InChI is InChI=1S/C36H24ClN3O7/c1-2-45-23-15-17-28-32(19-23)47-33-20-24(46-35(42)26-11-5-7-13-30(26)37)16-18-29(33)36(28)27-12-6-4-10-25(27)34(41)39(36)38-21-22-9-3-8-14-31(22)40(43)44/h3-21H,2H2,1H3/b38-21+. The van der Waals surface area contributed by atoms with Crippen LogP contribution in [0, 0.1) is 10.1 Å². The molecule has 232 valence electrons. The number of rotatable bonds is 7. The minimum atomic E-state index is -1.37. The smallest absolute Gasteiger partial charge is 0.345 e. The number of esters is 1. The largest absolute Gasteiger partial charge is 0.494 e. The van der Waals surface area contributed by atoms with Crippen LogP contribution in [0.4, 0.5) is 5.69 Å². The Morgan fingerprint density at radius 3 is 2.32 bits per heavy atom. The molecule has 5 aromatic carbocycles. The third-order valence-electron chi connectivity index (χ3n) is 8.02. The highest BCUT2D eigenvalue weighted by Crippen LogP contribution is 2.58. The van der Waals surface area contributed by atoms with Crippen molar-refractivity contribution in [1.29, 1.82) is 0 Å². The maximum absolute atomic E-state index is 14.2. The number of benzene rings is 5. The number of ether oxygens (including phenoxy) is 3. The van der Waals surface area contributed by atoms with E-state index in [1.54, 1.807) is 84.9 Å². The van der Waals surface area contributed by atoms with Crippen molar-refractivity contribution in [3.63, 3.8) is 0 Å². The van der Waals surface area contributed by atoms with Gasteiger partial charge in [0.05, 0.1) is 33.9 Å². The molecule has 0 N–H and O–H groups in total. The summed E-state index contributed by atoms with van der Waals surface area (Å²) in [6.45, 7) is 2.28. The number of halogens is 1.